The second-order valence-electron chi connectivity index (χ2n) is 10.5. The fraction of sp³-hybridized carbons (Fsp3) is 0.467. The number of hydrogen-bond donors (Lipinski definition) is 5. The molecular formula is C30H43N7O2. The van der Waals surface area contributed by atoms with Crippen LogP contribution in [0.25, 0.3) is 0 Å². The number of likely N-dealkylation sites (N-methyl/N-ethyl adjacent to an activating group) is 1. The van der Waals surface area contributed by atoms with Gasteiger partial charge in [-0.3, -0.25) is 9.69 Å². The first-order chi connectivity index (χ1) is 18.9. The molecule has 2 aliphatic carbocycles. The molecule has 3 atom stereocenters. The Balaban J connectivity index is 1.35. The molecule has 3 aliphatic rings. The zero-order chi connectivity index (χ0) is 27.8. The summed E-state index contributed by atoms with van der Waals surface area (Å²) >= 11 is 0. The zero-order valence-corrected chi connectivity index (χ0v) is 23.3. The van der Waals surface area contributed by atoms with Crippen LogP contribution in [0.3, 0.4) is 0 Å². The minimum atomic E-state index is -0.414. The SMILES string of the molecule is CC=CC(C(=O)NC1CCC(NC2=C(C(N)C3=CCC(Oc4ccccc4)C=C3)C(N)=NCN2)CC1)N(C)C. The van der Waals surface area contributed by atoms with Gasteiger partial charge in [0.1, 0.15) is 36.2 Å². The van der Waals surface area contributed by atoms with Crippen LogP contribution in [0.1, 0.15) is 39.0 Å². The van der Waals surface area contributed by atoms with Gasteiger partial charge in [0.15, 0.2) is 0 Å². The summed E-state index contributed by atoms with van der Waals surface area (Å²) in [5, 5.41) is 10.2. The fourth-order valence-electron chi connectivity index (χ4n) is 5.28. The normalized spacial score (nSPS) is 25.0. The van der Waals surface area contributed by atoms with E-state index in [9.17, 15) is 4.79 Å². The molecule has 0 bridgehead atoms. The summed E-state index contributed by atoms with van der Waals surface area (Å²) < 4.78 is 6.05. The van der Waals surface area contributed by atoms with Crippen LogP contribution in [-0.2, 0) is 4.79 Å². The number of allylic oxidation sites excluding steroid dienone is 1. The number of aliphatic imine (C=N–C) groups is 1. The Labute approximate surface area is 232 Å². The second kappa shape index (κ2) is 13.5. The summed E-state index contributed by atoms with van der Waals surface area (Å²) in [6.07, 6.45) is 14.4. The van der Waals surface area contributed by atoms with Gasteiger partial charge in [-0.25, -0.2) is 4.99 Å². The highest BCUT2D eigenvalue weighted by molar-refractivity contribution is 6.00. The molecule has 4 rings (SSSR count). The number of ether oxygens (including phenoxy) is 1. The highest BCUT2D eigenvalue weighted by Gasteiger charge is 2.29. The highest BCUT2D eigenvalue weighted by Crippen LogP contribution is 2.25. The van der Waals surface area contributed by atoms with Gasteiger partial charge in [-0.05, 0) is 70.5 Å². The van der Waals surface area contributed by atoms with Crippen LogP contribution in [0.4, 0.5) is 0 Å². The minimum Gasteiger partial charge on any atom is -0.486 e. The first-order valence-electron chi connectivity index (χ1n) is 13.9. The van der Waals surface area contributed by atoms with Gasteiger partial charge in [0.2, 0.25) is 5.91 Å². The molecule has 0 aromatic heterocycles. The summed E-state index contributed by atoms with van der Waals surface area (Å²) in [5.41, 5.74) is 14.9. The lowest BCUT2D eigenvalue weighted by Crippen LogP contribution is -2.50. The van der Waals surface area contributed by atoms with E-state index >= 15 is 0 Å². The third-order valence-electron chi connectivity index (χ3n) is 7.46. The Bertz CT molecular complexity index is 1130. The van der Waals surface area contributed by atoms with Gasteiger partial charge >= 0.3 is 0 Å². The van der Waals surface area contributed by atoms with Crippen molar-refractivity contribution in [3.63, 3.8) is 0 Å². The van der Waals surface area contributed by atoms with Crippen LogP contribution in [-0.4, -0.2) is 67.7 Å². The molecule has 1 saturated carbocycles. The molecule has 210 valence electrons. The van der Waals surface area contributed by atoms with Gasteiger partial charge in [0, 0.05) is 18.5 Å². The van der Waals surface area contributed by atoms with E-state index in [2.05, 4.69) is 27.0 Å². The lowest BCUT2D eigenvalue weighted by molar-refractivity contribution is -0.125. The van der Waals surface area contributed by atoms with Gasteiger partial charge in [-0.15, -0.1) is 0 Å². The summed E-state index contributed by atoms with van der Waals surface area (Å²) in [4.78, 5) is 19.1. The van der Waals surface area contributed by atoms with Gasteiger partial charge in [-0.1, -0.05) is 42.5 Å². The lowest BCUT2D eigenvalue weighted by atomic mass is 9.90. The summed E-state index contributed by atoms with van der Waals surface area (Å²) in [5.74, 6) is 2.20. The molecule has 0 saturated heterocycles. The van der Waals surface area contributed by atoms with E-state index in [1.165, 1.54) is 0 Å². The van der Waals surface area contributed by atoms with Crippen molar-refractivity contribution in [1.82, 2.24) is 20.9 Å². The van der Waals surface area contributed by atoms with E-state index in [1.807, 2.05) is 80.6 Å². The molecule has 1 heterocycles. The van der Waals surface area contributed by atoms with Crippen LogP contribution >= 0.6 is 0 Å². The molecular weight excluding hydrogens is 490 g/mol. The Morgan fingerprint density at radius 3 is 2.54 bits per heavy atom. The van der Waals surface area contributed by atoms with Crippen molar-refractivity contribution in [1.29, 1.82) is 0 Å². The van der Waals surface area contributed by atoms with E-state index in [1.54, 1.807) is 0 Å². The fourth-order valence-corrected chi connectivity index (χ4v) is 5.28. The van der Waals surface area contributed by atoms with E-state index < -0.39 is 6.04 Å². The van der Waals surface area contributed by atoms with Gasteiger partial charge < -0.3 is 32.2 Å². The van der Waals surface area contributed by atoms with Crippen LogP contribution in [0.15, 0.2) is 82.7 Å². The monoisotopic (exact) mass is 533 g/mol. The third-order valence-corrected chi connectivity index (χ3v) is 7.46. The van der Waals surface area contributed by atoms with E-state index in [4.69, 9.17) is 16.2 Å². The van der Waals surface area contributed by atoms with E-state index in [-0.39, 0.29) is 30.1 Å². The zero-order valence-electron chi connectivity index (χ0n) is 23.3. The lowest BCUT2D eigenvalue weighted by Gasteiger charge is -2.34. The predicted molar refractivity (Wildman–Crippen MR) is 157 cm³/mol. The van der Waals surface area contributed by atoms with Crippen molar-refractivity contribution in [2.24, 2.45) is 16.5 Å². The highest BCUT2D eigenvalue weighted by atomic mass is 16.5. The average molecular weight is 534 g/mol. The van der Waals surface area contributed by atoms with Gasteiger partial charge in [0.25, 0.3) is 0 Å². The number of benzene rings is 1. The van der Waals surface area contributed by atoms with Gasteiger partial charge in [0.05, 0.1) is 11.6 Å². The molecule has 0 radical (unpaired) electrons. The summed E-state index contributed by atoms with van der Waals surface area (Å²) in [6.45, 7) is 2.35. The molecule has 1 fully saturated rings. The number of amidine groups is 1. The Morgan fingerprint density at radius 2 is 1.90 bits per heavy atom. The van der Waals surface area contributed by atoms with Crippen molar-refractivity contribution in [3.05, 3.63) is 77.7 Å². The third kappa shape index (κ3) is 7.52. The number of hydrogen-bond acceptors (Lipinski definition) is 8. The Morgan fingerprint density at radius 1 is 1.18 bits per heavy atom. The topological polar surface area (TPSA) is 130 Å². The molecule has 3 unspecified atom stereocenters. The number of nitrogens with two attached hydrogens (primary N) is 2. The van der Waals surface area contributed by atoms with E-state index in [0.29, 0.717) is 12.5 Å². The number of carbonyl (C=O) groups is 1. The molecule has 1 aliphatic heterocycles. The summed E-state index contributed by atoms with van der Waals surface area (Å²) in [6, 6.07) is 9.58. The van der Waals surface area contributed by atoms with Crippen molar-refractivity contribution in [3.8, 4) is 5.75 Å². The van der Waals surface area contributed by atoms with Crippen molar-refractivity contribution in [2.45, 2.75) is 69.3 Å². The molecule has 1 amide bonds. The quantitative estimate of drug-likeness (QED) is 0.292. The van der Waals surface area contributed by atoms with Crippen LogP contribution in [0.5, 0.6) is 5.75 Å². The van der Waals surface area contributed by atoms with E-state index in [0.717, 1.165) is 54.8 Å². The number of nitrogens with one attached hydrogen (secondary N) is 3. The number of nitrogens with zero attached hydrogens (tertiary/aromatic N) is 2. The molecule has 1 aromatic carbocycles. The molecule has 9 heteroatoms. The maximum atomic E-state index is 12.8. The number of carbonyl (C=O) groups excluding carboxylic acids is 1. The van der Waals surface area contributed by atoms with Crippen molar-refractivity contribution >= 4 is 11.7 Å². The maximum Gasteiger partial charge on any atom is 0.241 e. The smallest absolute Gasteiger partial charge is 0.241 e. The standard InChI is InChI=1S/C30H43N7O2/c1-4-8-25(37(2)3)30(38)36-22-15-13-21(14-16-22)35-29-26(28(32)33-19-34-29)27(31)20-11-17-24(18-12-20)39-23-9-6-5-7-10-23/h4-12,17,21-22,24-25,27,34-35H,13-16,18-19,31H2,1-3H3,(H2,32,33)(H,36,38). The number of amides is 1. The van der Waals surface area contributed by atoms with Crippen LogP contribution in [0.2, 0.25) is 0 Å². The number of rotatable bonds is 10. The summed E-state index contributed by atoms with van der Waals surface area (Å²) in [7, 11) is 3.84. The number of para-hydroxylation sites is 1. The largest absolute Gasteiger partial charge is 0.486 e. The molecule has 1 aromatic rings. The van der Waals surface area contributed by atoms with Crippen molar-refractivity contribution < 1.29 is 9.53 Å². The Kier molecular flexibility index (Phi) is 9.84. The Hall–Kier alpha value is -3.56. The molecule has 7 N–H and O–H groups in total. The molecule has 39 heavy (non-hydrogen) atoms. The minimum absolute atomic E-state index is 0.0351. The van der Waals surface area contributed by atoms with Gasteiger partial charge in [-0.2, -0.15) is 0 Å². The predicted octanol–water partition coefficient (Wildman–Crippen LogP) is 2.30. The maximum absolute atomic E-state index is 12.8. The molecule has 0 spiro atoms. The first-order valence-corrected chi connectivity index (χ1v) is 13.9. The van der Waals surface area contributed by atoms with Crippen LogP contribution < -0.4 is 32.2 Å². The average Bonchev–Trinajstić information content (AvgIpc) is 2.93. The van der Waals surface area contributed by atoms with Crippen LogP contribution in [0, 0.1) is 0 Å². The van der Waals surface area contributed by atoms with Crippen molar-refractivity contribution in [2.75, 3.05) is 20.8 Å². The second-order valence-corrected chi connectivity index (χ2v) is 10.5. The first kappa shape index (κ1) is 28.4. The molecule has 9 nitrogen and oxygen atoms in total.